The second-order valence-corrected chi connectivity index (χ2v) is 4.97. The zero-order valence-electron chi connectivity index (χ0n) is 11.7. The monoisotopic (exact) mass is 279 g/mol. The van der Waals surface area contributed by atoms with E-state index in [-0.39, 0.29) is 18.8 Å². The van der Waals surface area contributed by atoms with Crippen LogP contribution in [0.3, 0.4) is 0 Å². The molecule has 0 saturated carbocycles. The molecule has 1 heterocycles. The molecule has 110 valence electrons. The molecule has 1 aliphatic heterocycles. The number of rotatable bonds is 3. The van der Waals surface area contributed by atoms with E-state index in [2.05, 4.69) is 0 Å². The Morgan fingerprint density at radius 3 is 2.85 bits per heavy atom. The van der Waals surface area contributed by atoms with E-state index < -0.39 is 6.10 Å². The first-order valence-corrected chi connectivity index (χ1v) is 6.87. The predicted molar refractivity (Wildman–Crippen MR) is 74.2 cm³/mol. The maximum absolute atomic E-state index is 12.1. The van der Waals surface area contributed by atoms with Crippen molar-refractivity contribution in [1.82, 2.24) is 4.90 Å². The number of amides is 1. The predicted octanol–water partition coefficient (Wildman–Crippen LogP) is 1.79. The highest BCUT2D eigenvalue weighted by Gasteiger charge is 2.28. The molecule has 1 saturated heterocycles. The lowest BCUT2D eigenvalue weighted by Gasteiger charge is -2.24. The minimum atomic E-state index is -0.521. The van der Waals surface area contributed by atoms with Crippen LogP contribution in [0, 0.1) is 0 Å². The fourth-order valence-corrected chi connectivity index (χ4v) is 2.32. The first-order valence-electron chi connectivity index (χ1n) is 6.87. The number of aliphatic hydroxyl groups is 1. The summed E-state index contributed by atoms with van der Waals surface area (Å²) in [6.07, 6.45) is 0.168. The number of carbonyl (C=O) groups is 1. The SMILES string of the molecule is COC1CN(C(=O)OCc2ccccc2)CCCC1O. The lowest BCUT2D eigenvalue weighted by molar-refractivity contribution is -0.0210. The van der Waals surface area contributed by atoms with Gasteiger partial charge in [0, 0.05) is 13.7 Å². The molecular weight excluding hydrogens is 258 g/mol. The van der Waals surface area contributed by atoms with E-state index in [9.17, 15) is 9.90 Å². The summed E-state index contributed by atoms with van der Waals surface area (Å²) in [5, 5.41) is 9.85. The van der Waals surface area contributed by atoms with Gasteiger partial charge < -0.3 is 19.5 Å². The highest BCUT2D eigenvalue weighted by molar-refractivity contribution is 5.67. The second kappa shape index (κ2) is 7.26. The highest BCUT2D eigenvalue weighted by atomic mass is 16.6. The number of nitrogens with zero attached hydrogens (tertiary/aromatic N) is 1. The Labute approximate surface area is 119 Å². The molecule has 1 aromatic carbocycles. The molecule has 1 aromatic rings. The van der Waals surface area contributed by atoms with E-state index in [4.69, 9.17) is 9.47 Å². The molecule has 1 N–H and O–H groups in total. The average Bonchev–Trinajstić information content (AvgIpc) is 2.67. The third kappa shape index (κ3) is 3.95. The first kappa shape index (κ1) is 14.8. The zero-order chi connectivity index (χ0) is 14.4. The molecule has 0 aromatic heterocycles. The Bertz CT molecular complexity index is 423. The van der Waals surface area contributed by atoms with Gasteiger partial charge in [0.15, 0.2) is 0 Å². The van der Waals surface area contributed by atoms with Crippen LogP contribution in [-0.4, -0.2) is 48.5 Å². The smallest absolute Gasteiger partial charge is 0.410 e. The number of ether oxygens (including phenoxy) is 2. The van der Waals surface area contributed by atoms with Crippen molar-refractivity contribution in [2.75, 3.05) is 20.2 Å². The third-order valence-electron chi connectivity index (χ3n) is 3.52. The van der Waals surface area contributed by atoms with Crippen molar-refractivity contribution in [3.63, 3.8) is 0 Å². The molecule has 1 aliphatic rings. The van der Waals surface area contributed by atoms with Crippen LogP contribution in [0.4, 0.5) is 4.79 Å². The van der Waals surface area contributed by atoms with Gasteiger partial charge in [-0.05, 0) is 18.4 Å². The normalized spacial score (nSPS) is 23.2. The summed E-state index contributed by atoms with van der Waals surface area (Å²) in [5.41, 5.74) is 0.957. The van der Waals surface area contributed by atoms with Crippen LogP contribution in [0.25, 0.3) is 0 Å². The van der Waals surface area contributed by atoms with Crippen molar-refractivity contribution in [1.29, 1.82) is 0 Å². The summed E-state index contributed by atoms with van der Waals surface area (Å²) in [6, 6.07) is 9.57. The van der Waals surface area contributed by atoms with Crippen molar-refractivity contribution < 1.29 is 19.4 Å². The van der Waals surface area contributed by atoms with Crippen LogP contribution in [0.2, 0.25) is 0 Å². The third-order valence-corrected chi connectivity index (χ3v) is 3.52. The van der Waals surface area contributed by atoms with E-state index in [1.807, 2.05) is 30.3 Å². The van der Waals surface area contributed by atoms with Gasteiger partial charge in [0.05, 0.1) is 12.6 Å². The molecule has 2 rings (SSSR count). The maximum atomic E-state index is 12.1. The van der Waals surface area contributed by atoms with Crippen molar-refractivity contribution >= 4 is 6.09 Å². The summed E-state index contributed by atoms with van der Waals surface area (Å²) in [4.78, 5) is 13.7. The molecular formula is C15H21NO4. The van der Waals surface area contributed by atoms with Gasteiger partial charge in [0.2, 0.25) is 0 Å². The van der Waals surface area contributed by atoms with Crippen molar-refractivity contribution in [3.05, 3.63) is 35.9 Å². The first-order chi connectivity index (χ1) is 9.70. The number of likely N-dealkylation sites (tertiary alicyclic amines) is 1. The molecule has 0 bridgehead atoms. The second-order valence-electron chi connectivity index (χ2n) is 4.97. The molecule has 5 nitrogen and oxygen atoms in total. The fourth-order valence-electron chi connectivity index (χ4n) is 2.32. The van der Waals surface area contributed by atoms with Crippen LogP contribution < -0.4 is 0 Å². The molecule has 5 heteroatoms. The van der Waals surface area contributed by atoms with Crippen LogP contribution in [0.5, 0.6) is 0 Å². The molecule has 2 atom stereocenters. The topological polar surface area (TPSA) is 59.0 Å². The van der Waals surface area contributed by atoms with Crippen molar-refractivity contribution in [3.8, 4) is 0 Å². The van der Waals surface area contributed by atoms with Crippen LogP contribution in [0.15, 0.2) is 30.3 Å². The Kier molecular flexibility index (Phi) is 5.38. The number of methoxy groups -OCH3 is 1. The minimum Gasteiger partial charge on any atom is -0.445 e. The summed E-state index contributed by atoms with van der Waals surface area (Å²) in [6.45, 7) is 1.21. The largest absolute Gasteiger partial charge is 0.445 e. The number of benzene rings is 1. The van der Waals surface area contributed by atoms with Gasteiger partial charge >= 0.3 is 6.09 Å². The van der Waals surface area contributed by atoms with E-state index in [1.54, 1.807) is 12.0 Å². The average molecular weight is 279 g/mol. The van der Waals surface area contributed by atoms with Gasteiger partial charge in [-0.25, -0.2) is 4.79 Å². The van der Waals surface area contributed by atoms with Crippen LogP contribution in [0.1, 0.15) is 18.4 Å². The highest BCUT2D eigenvalue weighted by Crippen LogP contribution is 2.15. The summed E-state index contributed by atoms with van der Waals surface area (Å²) >= 11 is 0. The van der Waals surface area contributed by atoms with Gasteiger partial charge in [-0.2, -0.15) is 0 Å². The molecule has 0 spiro atoms. The molecule has 0 aliphatic carbocycles. The molecule has 20 heavy (non-hydrogen) atoms. The molecule has 0 radical (unpaired) electrons. The van der Waals surface area contributed by atoms with Gasteiger partial charge in [0.1, 0.15) is 12.7 Å². The van der Waals surface area contributed by atoms with Gasteiger partial charge in [0.25, 0.3) is 0 Å². The summed E-state index contributed by atoms with van der Waals surface area (Å²) in [7, 11) is 1.55. The van der Waals surface area contributed by atoms with E-state index in [0.717, 1.165) is 12.0 Å². The van der Waals surface area contributed by atoms with E-state index in [0.29, 0.717) is 19.5 Å². The van der Waals surface area contributed by atoms with Gasteiger partial charge in [-0.15, -0.1) is 0 Å². The van der Waals surface area contributed by atoms with Crippen LogP contribution >= 0.6 is 0 Å². The standard InChI is InChI=1S/C15H21NO4/c1-19-14-10-16(9-5-8-13(14)17)15(18)20-11-12-6-3-2-4-7-12/h2-4,6-7,13-14,17H,5,8-11H2,1H3. The summed E-state index contributed by atoms with van der Waals surface area (Å²) in [5.74, 6) is 0. The van der Waals surface area contributed by atoms with Gasteiger partial charge in [-0.3, -0.25) is 0 Å². The molecule has 1 fully saturated rings. The number of hydrogen-bond acceptors (Lipinski definition) is 4. The number of hydrogen-bond donors (Lipinski definition) is 1. The lowest BCUT2D eigenvalue weighted by atomic mass is 10.1. The molecule has 2 unspecified atom stereocenters. The zero-order valence-corrected chi connectivity index (χ0v) is 11.7. The van der Waals surface area contributed by atoms with Gasteiger partial charge in [-0.1, -0.05) is 30.3 Å². The fraction of sp³-hybridized carbons (Fsp3) is 0.533. The minimum absolute atomic E-state index is 0.260. The quantitative estimate of drug-likeness (QED) is 0.916. The summed E-state index contributed by atoms with van der Waals surface area (Å²) < 4.78 is 10.5. The Morgan fingerprint density at radius 2 is 2.15 bits per heavy atom. The van der Waals surface area contributed by atoms with Crippen molar-refractivity contribution in [2.24, 2.45) is 0 Å². The Hall–Kier alpha value is -1.59. The van der Waals surface area contributed by atoms with Crippen LogP contribution in [-0.2, 0) is 16.1 Å². The van der Waals surface area contributed by atoms with Crippen molar-refractivity contribution in [2.45, 2.75) is 31.7 Å². The number of carbonyl (C=O) groups excluding carboxylic acids is 1. The molecule has 1 amide bonds. The van der Waals surface area contributed by atoms with E-state index in [1.165, 1.54) is 0 Å². The Morgan fingerprint density at radius 1 is 1.40 bits per heavy atom. The van der Waals surface area contributed by atoms with E-state index >= 15 is 0 Å². The lowest BCUT2D eigenvalue weighted by Crippen LogP contribution is -2.40. The number of aliphatic hydroxyl groups excluding tert-OH is 1. The Balaban J connectivity index is 1.88. The maximum Gasteiger partial charge on any atom is 0.410 e.